The fraction of sp³-hybridized carbons (Fsp3) is 0.174. The zero-order valence-corrected chi connectivity index (χ0v) is 19.0. The average molecular weight is 503 g/mol. The number of benzene rings is 3. The van der Waals surface area contributed by atoms with Gasteiger partial charge in [-0.25, -0.2) is 0 Å². The molecule has 5 heteroatoms. The molecule has 0 radical (unpaired) electrons. The molecule has 0 N–H and O–H groups in total. The molecule has 28 heavy (non-hydrogen) atoms. The van der Waals surface area contributed by atoms with Gasteiger partial charge in [0.25, 0.3) is 0 Å². The number of aliphatic imine (C=N–C) groups is 1. The second-order valence-corrected chi connectivity index (χ2v) is 8.04. The molecular formula is C23H21Br2NO2. The summed E-state index contributed by atoms with van der Waals surface area (Å²) in [5.74, 6) is 1.39. The van der Waals surface area contributed by atoms with Gasteiger partial charge in [-0.15, -0.1) is 0 Å². The summed E-state index contributed by atoms with van der Waals surface area (Å²) >= 11 is 7.06. The lowest BCUT2D eigenvalue weighted by molar-refractivity contribution is 0.267. The van der Waals surface area contributed by atoms with Crippen LogP contribution in [0.5, 0.6) is 11.5 Å². The van der Waals surface area contributed by atoms with E-state index in [1.807, 2.05) is 73.8 Å². The maximum atomic E-state index is 6.05. The van der Waals surface area contributed by atoms with E-state index in [1.165, 1.54) is 5.56 Å². The first-order valence-corrected chi connectivity index (χ1v) is 10.6. The van der Waals surface area contributed by atoms with Crippen LogP contribution in [0.4, 0.5) is 5.69 Å². The highest BCUT2D eigenvalue weighted by Crippen LogP contribution is 2.37. The maximum absolute atomic E-state index is 6.05. The van der Waals surface area contributed by atoms with Gasteiger partial charge in [-0.05, 0) is 77.3 Å². The van der Waals surface area contributed by atoms with Gasteiger partial charge in [0.15, 0.2) is 11.5 Å². The van der Waals surface area contributed by atoms with Gasteiger partial charge >= 0.3 is 0 Å². The molecule has 3 nitrogen and oxygen atoms in total. The lowest BCUT2D eigenvalue weighted by atomic mass is 10.2. The normalized spacial score (nSPS) is 11.0. The highest BCUT2D eigenvalue weighted by atomic mass is 79.9. The number of hydrogen-bond donors (Lipinski definition) is 0. The molecule has 0 fully saturated rings. The monoisotopic (exact) mass is 501 g/mol. The Morgan fingerprint density at radius 3 is 2.32 bits per heavy atom. The van der Waals surface area contributed by atoms with Crippen molar-refractivity contribution in [1.82, 2.24) is 0 Å². The molecule has 0 aliphatic rings. The Kier molecular flexibility index (Phi) is 7.29. The molecule has 0 unspecified atom stereocenters. The highest BCUT2D eigenvalue weighted by Gasteiger charge is 2.12. The molecule has 0 bridgehead atoms. The van der Waals surface area contributed by atoms with E-state index in [-0.39, 0.29) is 0 Å². The first-order chi connectivity index (χ1) is 13.5. The molecule has 3 aromatic carbocycles. The van der Waals surface area contributed by atoms with Crippen molar-refractivity contribution in [2.75, 3.05) is 6.61 Å². The first kappa shape index (κ1) is 20.6. The number of aryl methyl sites for hydroxylation is 1. The largest absolute Gasteiger partial charge is 0.490 e. The van der Waals surface area contributed by atoms with Crippen LogP contribution in [0, 0.1) is 6.92 Å². The third kappa shape index (κ3) is 5.69. The van der Waals surface area contributed by atoms with Crippen molar-refractivity contribution in [2.24, 2.45) is 4.99 Å². The molecule has 0 aliphatic heterocycles. The van der Waals surface area contributed by atoms with Gasteiger partial charge in [0, 0.05) is 10.7 Å². The van der Waals surface area contributed by atoms with Crippen molar-refractivity contribution < 1.29 is 9.47 Å². The van der Waals surface area contributed by atoms with Crippen LogP contribution in [-0.2, 0) is 6.61 Å². The minimum atomic E-state index is 0.461. The van der Waals surface area contributed by atoms with E-state index in [0.29, 0.717) is 24.7 Å². The van der Waals surface area contributed by atoms with Gasteiger partial charge in [0.2, 0.25) is 0 Å². The molecule has 144 valence electrons. The number of hydrogen-bond acceptors (Lipinski definition) is 3. The maximum Gasteiger partial charge on any atom is 0.175 e. The second kappa shape index (κ2) is 9.89. The molecule has 3 aromatic rings. The standard InChI is InChI=1S/C23H21Br2NO2/c1-3-27-22-13-18(14-26-20-10-4-16(2)5-11-20)12-21(25)23(22)28-15-17-6-8-19(24)9-7-17/h4-14H,3,15H2,1-2H3. The Bertz CT molecular complexity index is 952. The van der Waals surface area contributed by atoms with Crippen LogP contribution < -0.4 is 9.47 Å². The predicted molar refractivity (Wildman–Crippen MR) is 122 cm³/mol. The van der Waals surface area contributed by atoms with Gasteiger partial charge in [-0.2, -0.15) is 0 Å². The van der Waals surface area contributed by atoms with Gasteiger partial charge in [-0.1, -0.05) is 45.8 Å². The van der Waals surface area contributed by atoms with Crippen molar-refractivity contribution in [3.63, 3.8) is 0 Å². The zero-order chi connectivity index (χ0) is 19.9. The summed E-state index contributed by atoms with van der Waals surface area (Å²) < 4.78 is 13.7. The molecule has 0 aromatic heterocycles. The summed E-state index contributed by atoms with van der Waals surface area (Å²) in [5, 5.41) is 0. The van der Waals surface area contributed by atoms with E-state index >= 15 is 0 Å². The van der Waals surface area contributed by atoms with Crippen molar-refractivity contribution >= 4 is 43.8 Å². The Balaban J connectivity index is 1.80. The molecule has 0 saturated heterocycles. The van der Waals surface area contributed by atoms with Crippen molar-refractivity contribution in [2.45, 2.75) is 20.5 Å². The molecule has 0 atom stereocenters. The first-order valence-electron chi connectivity index (χ1n) is 8.99. The average Bonchev–Trinajstić information content (AvgIpc) is 2.68. The Morgan fingerprint density at radius 2 is 1.64 bits per heavy atom. The SMILES string of the molecule is CCOc1cc(C=Nc2ccc(C)cc2)cc(Br)c1OCc1ccc(Br)cc1. The summed E-state index contributed by atoms with van der Waals surface area (Å²) in [6.45, 7) is 5.04. The molecule has 0 spiro atoms. The topological polar surface area (TPSA) is 30.8 Å². The van der Waals surface area contributed by atoms with E-state index in [2.05, 4.69) is 43.8 Å². The van der Waals surface area contributed by atoms with E-state index in [1.54, 1.807) is 0 Å². The van der Waals surface area contributed by atoms with Crippen molar-refractivity contribution in [1.29, 1.82) is 0 Å². The molecule has 0 heterocycles. The van der Waals surface area contributed by atoms with Gasteiger partial charge in [-0.3, -0.25) is 4.99 Å². The summed E-state index contributed by atoms with van der Waals surface area (Å²) in [4.78, 5) is 4.54. The molecule has 0 saturated carbocycles. The quantitative estimate of drug-likeness (QED) is 0.318. The van der Waals surface area contributed by atoms with Crippen molar-refractivity contribution in [3.05, 3.63) is 86.3 Å². The fourth-order valence-corrected chi connectivity index (χ4v) is 3.42. The van der Waals surface area contributed by atoms with Crippen molar-refractivity contribution in [3.8, 4) is 11.5 Å². The highest BCUT2D eigenvalue weighted by molar-refractivity contribution is 9.10. The van der Waals surface area contributed by atoms with Crippen LogP contribution in [0.25, 0.3) is 0 Å². The molecule has 0 amide bonds. The smallest absolute Gasteiger partial charge is 0.175 e. The third-order valence-corrected chi connectivity index (χ3v) is 5.14. The van der Waals surface area contributed by atoms with Crippen LogP contribution in [0.15, 0.2) is 74.6 Å². The van der Waals surface area contributed by atoms with Crippen LogP contribution >= 0.6 is 31.9 Å². The third-order valence-electron chi connectivity index (χ3n) is 4.02. The number of nitrogens with zero attached hydrogens (tertiary/aromatic N) is 1. The zero-order valence-electron chi connectivity index (χ0n) is 15.8. The van der Waals surface area contributed by atoms with E-state index in [9.17, 15) is 0 Å². The summed E-state index contributed by atoms with van der Waals surface area (Å²) in [5.41, 5.74) is 4.15. The molecule has 0 aliphatic carbocycles. The second-order valence-electron chi connectivity index (χ2n) is 6.27. The van der Waals surface area contributed by atoms with Crippen LogP contribution in [0.2, 0.25) is 0 Å². The van der Waals surface area contributed by atoms with Crippen LogP contribution in [0.3, 0.4) is 0 Å². The van der Waals surface area contributed by atoms with E-state index in [0.717, 1.165) is 25.8 Å². The summed E-state index contributed by atoms with van der Waals surface area (Å²) in [6, 6.07) is 20.1. The minimum absolute atomic E-state index is 0.461. The lowest BCUT2D eigenvalue weighted by Crippen LogP contribution is -2.01. The molecule has 3 rings (SSSR count). The Labute approximate surface area is 182 Å². The summed E-state index contributed by atoms with van der Waals surface area (Å²) in [7, 11) is 0. The van der Waals surface area contributed by atoms with Gasteiger partial charge in [0.1, 0.15) is 6.61 Å². The van der Waals surface area contributed by atoms with Gasteiger partial charge in [0.05, 0.1) is 16.8 Å². The predicted octanol–water partition coefficient (Wildman–Crippen LogP) is 7.25. The van der Waals surface area contributed by atoms with Gasteiger partial charge < -0.3 is 9.47 Å². The van der Waals surface area contributed by atoms with E-state index in [4.69, 9.17) is 9.47 Å². The minimum Gasteiger partial charge on any atom is -0.490 e. The van der Waals surface area contributed by atoms with Crippen LogP contribution in [-0.4, -0.2) is 12.8 Å². The Morgan fingerprint density at radius 1 is 0.929 bits per heavy atom. The number of rotatable bonds is 7. The Hall–Kier alpha value is -2.11. The number of ether oxygens (including phenoxy) is 2. The summed E-state index contributed by atoms with van der Waals surface area (Å²) in [6.07, 6.45) is 1.83. The van der Waals surface area contributed by atoms with Crippen LogP contribution in [0.1, 0.15) is 23.6 Å². The molecular weight excluding hydrogens is 482 g/mol. The fourth-order valence-electron chi connectivity index (χ4n) is 2.58. The van der Waals surface area contributed by atoms with E-state index < -0.39 is 0 Å². The number of halogens is 2. The lowest BCUT2D eigenvalue weighted by Gasteiger charge is -2.14.